The highest BCUT2D eigenvalue weighted by Gasteiger charge is 2.36. The van der Waals surface area contributed by atoms with Gasteiger partial charge in [-0.25, -0.2) is 4.79 Å². The summed E-state index contributed by atoms with van der Waals surface area (Å²) in [5.41, 5.74) is 3.77. The van der Waals surface area contributed by atoms with Gasteiger partial charge in [0.2, 0.25) is 0 Å². The van der Waals surface area contributed by atoms with Crippen LogP contribution in [0.4, 0.5) is 0 Å². The Morgan fingerprint density at radius 1 is 1.23 bits per heavy atom. The van der Waals surface area contributed by atoms with E-state index in [1.165, 1.54) is 25.5 Å². The topological polar surface area (TPSA) is 46.6 Å². The first-order chi connectivity index (χ1) is 12.6. The zero-order chi connectivity index (χ0) is 18.5. The molecule has 0 aromatic heterocycles. The molecule has 0 saturated carbocycles. The first-order valence-electron chi connectivity index (χ1n) is 9.18. The number of carbonyl (C=O) groups excluding carboxylic acids is 2. The van der Waals surface area contributed by atoms with Crippen molar-refractivity contribution in [2.45, 2.75) is 39.0 Å². The molecular formula is C22H25NO3. The van der Waals surface area contributed by atoms with Crippen LogP contribution in [0.25, 0.3) is 6.08 Å². The number of nitrogens with zero attached hydrogens (tertiary/aromatic N) is 1. The summed E-state index contributed by atoms with van der Waals surface area (Å²) in [6, 6.07) is 9.58. The minimum atomic E-state index is -0.461. The molecule has 3 rings (SSSR count). The smallest absolute Gasteiger partial charge is 0.340 e. The summed E-state index contributed by atoms with van der Waals surface area (Å²) in [7, 11) is 1.35. The van der Waals surface area contributed by atoms with Crippen molar-refractivity contribution in [3.63, 3.8) is 0 Å². The highest BCUT2D eigenvalue weighted by Crippen LogP contribution is 2.32. The molecule has 1 aliphatic heterocycles. The maximum atomic E-state index is 13.0. The third-order valence-electron chi connectivity index (χ3n) is 5.05. The minimum absolute atomic E-state index is 0.122. The number of hydrogen-bond acceptors (Lipinski definition) is 3. The Balaban J connectivity index is 1.88. The van der Waals surface area contributed by atoms with Gasteiger partial charge in [-0.3, -0.25) is 4.79 Å². The molecule has 1 aromatic carbocycles. The Bertz CT molecular complexity index is 787. The molecule has 4 nitrogen and oxygen atoms in total. The van der Waals surface area contributed by atoms with E-state index in [4.69, 9.17) is 4.74 Å². The van der Waals surface area contributed by atoms with Crippen LogP contribution in [0, 0.1) is 0 Å². The fourth-order valence-electron chi connectivity index (χ4n) is 3.60. The van der Waals surface area contributed by atoms with Crippen molar-refractivity contribution in [1.82, 2.24) is 4.90 Å². The molecule has 2 aliphatic rings. The predicted molar refractivity (Wildman–Crippen MR) is 102 cm³/mol. The molecule has 136 valence electrons. The van der Waals surface area contributed by atoms with Crippen molar-refractivity contribution in [3.05, 3.63) is 64.4 Å². The molecule has 0 fully saturated rings. The van der Waals surface area contributed by atoms with E-state index in [0.29, 0.717) is 23.4 Å². The molecule has 0 spiro atoms. The lowest BCUT2D eigenvalue weighted by Crippen LogP contribution is -2.26. The van der Waals surface area contributed by atoms with Gasteiger partial charge in [-0.05, 0) is 50.7 Å². The zero-order valence-corrected chi connectivity index (χ0v) is 15.5. The van der Waals surface area contributed by atoms with Crippen molar-refractivity contribution >= 4 is 18.0 Å². The van der Waals surface area contributed by atoms with Gasteiger partial charge < -0.3 is 9.64 Å². The van der Waals surface area contributed by atoms with Gasteiger partial charge in [-0.2, -0.15) is 0 Å². The second-order valence-corrected chi connectivity index (χ2v) is 6.74. The van der Waals surface area contributed by atoms with Crippen molar-refractivity contribution in [2.75, 3.05) is 13.7 Å². The Hall–Kier alpha value is -2.62. The van der Waals surface area contributed by atoms with E-state index < -0.39 is 5.97 Å². The van der Waals surface area contributed by atoms with E-state index in [-0.39, 0.29) is 5.91 Å². The van der Waals surface area contributed by atoms with Gasteiger partial charge in [-0.15, -0.1) is 0 Å². The summed E-state index contributed by atoms with van der Waals surface area (Å²) in [5.74, 6) is -0.583. The number of carbonyl (C=O) groups is 2. The molecule has 0 bridgehead atoms. The highest BCUT2D eigenvalue weighted by atomic mass is 16.5. The number of allylic oxidation sites excluding steroid dienone is 2. The Morgan fingerprint density at radius 3 is 2.65 bits per heavy atom. The lowest BCUT2D eigenvalue weighted by Gasteiger charge is -2.20. The standard InChI is InChI=1S/C22H25NO3/c1-16-20(22(25)26-2)19(15-18-11-7-4-8-12-18)21(24)23(16)14-13-17-9-5-3-6-10-17/h4,7-9,11-12,15H,3,5-6,10,13-14H2,1-2H3/b19-15-. The predicted octanol–water partition coefficient (Wildman–Crippen LogP) is 4.25. The molecule has 0 unspecified atom stereocenters. The largest absolute Gasteiger partial charge is 0.465 e. The van der Waals surface area contributed by atoms with Gasteiger partial charge in [0.1, 0.15) is 0 Å². The lowest BCUT2D eigenvalue weighted by molar-refractivity contribution is -0.136. The number of methoxy groups -OCH3 is 1. The van der Waals surface area contributed by atoms with E-state index >= 15 is 0 Å². The highest BCUT2D eigenvalue weighted by molar-refractivity contribution is 6.16. The minimum Gasteiger partial charge on any atom is -0.465 e. The van der Waals surface area contributed by atoms with Crippen molar-refractivity contribution in [1.29, 1.82) is 0 Å². The molecule has 0 saturated heterocycles. The summed E-state index contributed by atoms with van der Waals surface area (Å²) in [6.07, 6.45) is 9.65. The summed E-state index contributed by atoms with van der Waals surface area (Å²) < 4.78 is 4.94. The van der Waals surface area contributed by atoms with Gasteiger partial charge in [-0.1, -0.05) is 42.0 Å². The van der Waals surface area contributed by atoms with Crippen LogP contribution in [0.15, 0.2) is 58.8 Å². The average molecular weight is 351 g/mol. The Kier molecular flexibility index (Phi) is 5.71. The van der Waals surface area contributed by atoms with E-state index in [9.17, 15) is 9.59 Å². The Morgan fingerprint density at radius 2 is 2.00 bits per heavy atom. The van der Waals surface area contributed by atoms with Crippen molar-refractivity contribution in [3.8, 4) is 0 Å². The van der Waals surface area contributed by atoms with Gasteiger partial charge >= 0.3 is 5.97 Å². The quantitative estimate of drug-likeness (QED) is 0.453. The number of benzene rings is 1. The number of ether oxygens (including phenoxy) is 1. The van der Waals surface area contributed by atoms with E-state index in [1.54, 1.807) is 11.0 Å². The number of rotatable bonds is 5. The number of amides is 1. The third kappa shape index (κ3) is 3.79. The normalized spacial score (nSPS) is 19.2. The fraction of sp³-hybridized carbons (Fsp3) is 0.364. The van der Waals surface area contributed by atoms with Crippen LogP contribution < -0.4 is 0 Å². The van der Waals surface area contributed by atoms with E-state index in [0.717, 1.165) is 24.8 Å². The molecule has 26 heavy (non-hydrogen) atoms. The van der Waals surface area contributed by atoms with Crippen LogP contribution in [0.1, 0.15) is 44.6 Å². The summed E-state index contributed by atoms with van der Waals surface area (Å²) in [5, 5.41) is 0. The monoisotopic (exact) mass is 351 g/mol. The molecule has 0 atom stereocenters. The second kappa shape index (κ2) is 8.17. The van der Waals surface area contributed by atoms with Crippen LogP contribution in [0.3, 0.4) is 0 Å². The number of hydrogen-bond donors (Lipinski definition) is 0. The molecule has 1 heterocycles. The maximum absolute atomic E-state index is 13.0. The average Bonchev–Trinajstić information content (AvgIpc) is 2.91. The molecule has 0 radical (unpaired) electrons. The second-order valence-electron chi connectivity index (χ2n) is 6.74. The molecule has 1 aromatic rings. The Labute approximate surface area is 154 Å². The molecular weight excluding hydrogens is 326 g/mol. The van der Waals surface area contributed by atoms with Crippen LogP contribution in [0.5, 0.6) is 0 Å². The summed E-state index contributed by atoms with van der Waals surface area (Å²) in [4.78, 5) is 27.0. The first-order valence-corrected chi connectivity index (χ1v) is 9.18. The van der Waals surface area contributed by atoms with E-state index in [1.807, 2.05) is 37.3 Å². The fourth-order valence-corrected chi connectivity index (χ4v) is 3.60. The van der Waals surface area contributed by atoms with Crippen LogP contribution in [0.2, 0.25) is 0 Å². The van der Waals surface area contributed by atoms with Gasteiger partial charge in [0.05, 0.1) is 18.3 Å². The summed E-state index contributed by atoms with van der Waals surface area (Å²) >= 11 is 0. The van der Waals surface area contributed by atoms with Crippen LogP contribution in [-0.2, 0) is 14.3 Å². The van der Waals surface area contributed by atoms with E-state index in [2.05, 4.69) is 6.08 Å². The van der Waals surface area contributed by atoms with Gasteiger partial charge in [0, 0.05) is 12.2 Å². The van der Waals surface area contributed by atoms with Crippen LogP contribution >= 0.6 is 0 Å². The molecule has 1 amide bonds. The zero-order valence-electron chi connectivity index (χ0n) is 15.5. The lowest BCUT2D eigenvalue weighted by atomic mass is 9.97. The molecule has 4 heteroatoms. The van der Waals surface area contributed by atoms with Crippen molar-refractivity contribution < 1.29 is 14.3 Å². The maximum Gasteiger partial charge on any atom is 0.340 e. The SMILES string of the molecule is COC(=O)C1=C(C)N(CCC2=CCCCC2)C(=O)/C1=C\c1ccccc1. The molecule has 1 aliphatic carbocycles. The molecule has 0 N–H and O–H groups in total. The van der Waals surface area contributed by atoms with Gasteiger partial charge in [0.25, 0.3) is 5.91 Å². The number of esters is 1. The van der Waals surface area contributed by atoms with Crippen LogP contribution in [-0.4, -0.2) is 30.4 Å². The first kappa shape index (κ1) is 18.2. The van der Waals surface area contributed by atoms with Gasteiger partial charge in [0.15, 0.2) is 0 Å². The third-order valence-corrected chi connectivity index (χ3v) is 5.05. The van der Waals surface area contributed by atoms with Crippen molar-refractivity contribution in [2.24, 2.45) is 0 Å². The summed E-state index contributed by atoms with van der Waals surface area (Å²) in [6.45, 7) is 2.42.